The summed E-state index contributed by atoms with van der Waals surface area (Å²) in [4.78, 5) is 0. The van der Waals surface area contributed by atoms with Crippen LogP contribution in [0.3, 0.4) is 0 Å². The molecule has 0 fully saturated rings. The standard InChI is InChI=1S/C15H18O/c1-3-11(2)15(16)14-9-8-12-6-4-5-7-13(12)10-14/h4-11,15-16H,3H2,1-2H3. The lowest BCUT2D eigenvalue weighted by molar-refractivity contribution is 0.115. The number of rotatable bonds is 3. The Kier molecular flexibility index (Phi) is 3.25. The molecular weight excluding hydrogens is 196 g/mol. The van der Waals surface area contributed by atoms with Gasteiger partial charge in [0, 0.05) is 0 Å². The second kappa shape index (κ2) is 4.67. The molecule has 0 heterocycles. The monoisotopic (exact) mass is 214 g/mol. The predicted octanol–water partition coefficient (Wildman–Crippen LogP) is 3.92. The van der Waals surface area contributed by atoms with E-state index in [4.69, 9.17) is 0 Å². The summed E-state index contributed by atoms with van der Waals surface area (Å²) in [6, 6.07) is 14.4. The minimum absolute atomic E-state index is 0.307. The lowest BCUT2D eigenvalue weighted by Gasteiger charge is -2.17. The quantitative estimate of drug-likeness (QED) is 0.821. The summed E-state index contributed by atoms with van der Waals surface area (Å²) in [5, 5.41) is 12.6. The summed E-state index contributed by atoms with van der Waals surface area (Å²) in [5.41, 5.74) is 1.02. The highest BCUT2D eigenvalue weighted by atomic mass is 16.3. The fraction of sp³-hybridized carbons (Fsp3) is 0.333. The normalized spacial score (nSPS) is 14.9. The topological polar surface area (TPSA) is 20.2 Å². The Balaban J connectivity index is 2.39. The van der Waals surface area contributed by atoms with E-state index < -0.39 is 0 Å². The first-order chi connectivity index (χ1) is 7.72. The average Bonchev–Trinajstić information content (AvgIpc) is 2.36. The lowest BCUT2D eigenvalue weighted by Crippen LogP contribution is -2.07. The maximum atomic E-state index is 10.1. The Labute approximate surface area is 96.7 Å². The molecule has 0 aliphatic carbocycles. The molecule has 1 N–H and O–H groups in total. The zero-order chi connectivity index (χ0) is 11.5. The maximum Gasteiger partial charge on any atom is 0.0815 e. The van der Waals surface area contributed by atoms with Gasteiger partial charge in [-0.2, -0.15) is 0 Å². The van der Waals surface area contributed by atoms with E-state index in [-0.39, 0.29) is 6.10 Å². The van der Waals surface area contributed by atoms with Crippen molar-refractivity contribution in [1.29, 1.82) is 0 Å². The number of hydrogen-bond acceptors (Lipinski definition) is 1. The first-order valence-corrected chi connectivity index (χ1v) is 5.89. The van der Waals surface area contributed by atoms with Crippen molar-refractivity contribution < 1.29 is 5.11 Å². The van der Waals surface area contributed by atoms with Crippen LogP contribution in [-0.2, 0) is 0 Å². The van der Waals surface area contributed by atoms with Gasteiger partial charge in [-0.05, 0) is 28.3 Å². The van der Waals surface area contributed by atoms with Crippen molar-refractivity contribution in [2.45, 2.75) is 26.4 Å². The third-order valence-electron chi connectivity index (χ3n) is 3.30. The van der Waals surface area contributed by atoms with E-state index in [1.807, 2.05) is 18.2 Å². The highest BCUT2D eigenvalue weighted by molar-refractivity contribution is 5.83. The Bertz CT molecular complexity index is 476. The molecular formula is C15H18O. The van der Waals surface area contributed by atoms with Crippen LogP contribution in [0.25, 0.3) is 10.8 Å². The molecule has 0 aromatic heterocycles. The second-order valence-corrected chi connectivity index (χ2v) is 4.44. The number of fused-ring (bicyclic) bond motifs is 1. The molecule has 1 heteroatoms. The van der Waals surface area contributed by atoms with Crippen molar-refractivity contribution in [3.05, 3.63) is 48.0 Å². The zero-order valence-electron chi connectivity index (χ0n) is 9.85. The van der Waals surface area contributed by atoms with Crippen LogP contribution in [0.5, 0.6) is 0 Å². The first-order valence-electron chi connectivity index (χ1n) is 5.89. The van der Waals surface area contributed by atoms with Crippen LogP contribution in [0, 0.1) is 5.92 Å². The molecule has 84 valence electrons. The molecule has 2 aromatic carbocycles. The highest BCUT2D eigenvalue weighted by Gasteiger charge is 2.14. The zero-order valence-corrected chi connectivity index (χ0v) is 9.85. The van der Waals surface area contributed by atoms with Gasteiger partial charge in [0.2, 0.25) is 0 Å². The number of aliphatic hydroxyl groups excluding tert-OH is 1. The predicted molar refractivity (Wildman–Crippen MR) is 68.4 cm³/mol. The lowest BCUT2D eigenvalue weighted by atomic mass is 9.94. The van der Waals surface area contributed by atoms with Gasteiger partial charge in [-0.15, -0.1) is 0 Å². The SMILES string of the molecule is CCC(C)C(O)c1ccc2ccccc2c1. The molecule has 0 spiro atoms. The average molecular weight is 214 g/mol. The molecule has 0 radical (unpaired) electrons. The first kappa shape index (κ1) is 11.2. The van der Waals surface area contributed by atoms with Crippen molar-refractivity contribution in [2.75, 3.05) is 0 Å². The van der Waals surface area contributed by atoms with Crippen LogP contribution in [0.2, 0.25) is 0 Å². The van der Waals surface area contributed by atoms with Crippen LogP contribution in [-0.4, -0.2) is 5.11 Å². The maximum absolute atomic E-state index is 10.1. The van der Waals surface area contributed by atoms with Crippen LogP contribution in [0.4, 0.5) is 0 Å². The summed E-state index contributed by atoms with van der Waals surface area (Å²) in [6.45, 7) is 4.19. The van der Waals surface area contributed by atoms with E-state index in [2.05, 4.69) is 38.1 Å². The fourth-order valence-corrected chi connectivity index (χ4v) is 1.94. The number of aliphatic hydroxyl groups is 1. The molecule has 2 rings (SSSR count). The third-order valence-corrected chi connectivity index (χ3v) is 3.30. The van der Waals surface area contributed by atoms with E-state index in [9.17, 15) is 5.11 Å². The van der Waals surface area contributed by atoms with Crippen molar-refractivity contribution in [3.63, 3.8) is 0 Å². The third kappa shape index (κ3) is 2.10. The molecule has 0 saturated carbocycles. The molecule has 0 saturated heterocycles. The Morgan fingerprint density at radius 3 is 2.44 bits per heavy atom. The Morgan fingerprint density at radius 2 is 1.75 bits per heavy atom. The molecule has 1 nitrogen and oxygen atoms in total. The summed E-state index contributed by atoms with van der Waals surface area (Å²) in [5.74, 6) is 0.307. The van der Waals surface area contributed by atoms with Gasteiger partial charge in [-0.3, -0.25) is 0 Å². The van der Waals surface area contributed by atoms with Crippen LogP contribution < -0.4 is 0 Å². The Hall–Kier alpha value is -1.34. The second-order valence-electron chi connectivity index (χ2n) is 4.44. The summed E-state index contributed by atoms with van der Waals surface area (Å²) in [7, 11) is 0. The van der Waals surface area contributed by atoms with Crippen molar-refractivity contribution in [3.8, 4) is 0 Å². The van der Waals surface area contributed by atoms with Gasteiger partial charge in [0.1, 0.15) is 0 Å². The van der Waals surface area contributed by atoms with E-state index in [1.165, 1.54) is 10.8 Å². The molecule has 2 unspecified atom stereocenters. The van der Waals surface area contributed by atoms with Gasteiger partial charge < -0.3 is 5.11 Å². The molecule has 16 heavy (non-hydrogen) atoms. The molecule has 0 aliphatic rings. The summed E-state index contributed by atoms with van der Waals surface area (Å²) in [6.07, 6.45) is 0.642. The van der Waals surface area contributed by atoms with Crippen molar-refractivity contribution >= 4 is 10.8 Å². The van der Waals surface area contributed by atoms with E-state index in [0.717, 1.165) is 12.0 Å². The van der Waals surface area contributed by atoms with E-state index >= 15 is 0 Å². The number of hydrogen-bond donors (Lipinski definition) is 1. The van der Waals surface area contributed by atoms with Gasteiger partial charge in [-0.25, -0.2) is 0 Å². The van der Waals surface area contributed by atoms with Gasteiger partial charge >= 0.3 is 0 Å². The molecule has 0 aliphatic heterocycles. The van der Waals surface area contributed by atoms with E-state index in [1.54, 1.807) is 0 Å². The smallest absolute Gasteiger partial charge is 0.0815 e. The number of benzene rings is 2. The largest absolute Gasteiger partial charge is 0.388 e. The molecule has 2 atom stereocenters. The Morgan fingerprint density at radius 1 is 1.06 bits per heavy atom. The van der Waals surface area contributed by atoms with Gasteiger partial charge in [0.05, 0.1) is 6.10 Å². The van der Waals surface area contributed by atoms with Gasteiger partial charge in [-0.1, -0.05) is 56.7 Å². The fourth-order valence-electron chi connectivity index (χ4n) is 1.94. The van der Waals surface area contributed by atoms with Gasteiger partial charge in [0.25, 0.3) is 0 Å². The van der Waals surface area contributed by atoms with Crippen LogP contribution in [0.15, 0.2) is 42.5 Å². The molecule has 0 amide bonds. The molecule has 2 aromatic rings. The summed E-state index contributed by atoms with van der Waals surface area (Å²) < 4.78 is 0. The van der Waals surface area contributed by atoms with Crippen molar-refractivity contribution in [2.24, 2.45) is 5.92 Å². The molecule has 0 bridgehead atoms. The minimum atomic E-state index is -0.352. The van der Waals surface area contributed by atoms with Crippen LogP contribution >= 0.6 is 0 Å². The van der Waals surface area contributed by atoms with Crippen molar-refractivity contribution in [1.82, 2.24) is 0 Å². The van der Waals surface area contributed by atoms with E-state index in [0.29, 0.717) is 5.92 Å². The minimum Gasteiger partial charge on any atom is -0.388 e. The highest BCUT2D eigenvalue weighted by Crippen LogP contribution is 2.26. The van der Waals surface area contributed by atoms with Crippen LogP contribution in [0.1, 0.15) is 31.9 Å². The summed E-state index contributed by atoms with van der Waals surface area (Å²) >= 11 is 0. The van der Waals surface area contributed by atoms with Gasteiger partial charge in [0.15, 0.2) is 0 Å².